The van der Waals surface area contributed by atoms with Crippen LogP contribution >= 0.6 is 11.6 Å². The van der Waals surface area contributed by atoms with E-state index in [-0.39, 0.29) is 17.3 Å². The summed E-state index contributed by atoms with van der Waals surface area (Å²) in [6.07, 6.45) is 0. The summed E-state index contributed by atoms with van der Waals surface area (Å²) >= 11 is 5.68. The summed E-state index contributed by atoms with van der Waals surface area (Å²) in [5.74, 6) is -0.644. The third-order valence-corrected chi connectivity index (χ3v) is 5.21. The molecule has 0 radical (unpaired) electrons. The summed E-state index contributed by atoms with van der Waals surface area (Å²) in [6.45, 7) is 0.174. The molecule has 0 heterocycles. The van der Waals surface area contributed by atoms with Crippen molar-refractivity contribution in [1.29, 1.82) is 0 Å². The number of benzene rings is 2. The lowest BCUT2D eigenvalue weighted by atomic mass is 10.2. The topological polar surface area (TPSA) is 37.4 Å². The Bertz CT molecular complexity index is 720. The average molecular weight is 328 g/mol. The van der Waals surface area contributed by atoms with Crippen molar-refractivity contribution in [2.75, 3.05) is 7.05 Å². The van der Waals surface area contributed by atoms with Crippen LogP contribution < -0.4 is 0 Å². The van der Waals surface area contributed by atoms with Crippen LogP contribution in [0.3, 0.4) is 0 Å². The van der Waals surface area contributed by atoms with Crippen molar-refractivity contribution in [1.82, 2.24) is 4.31 Å². The predicted octanol–water partition coefficient (Wildman–Crippen LogP) is 3.39. The third-order valence-electron chi connectivity index (χ3n) is 3.09. The first-order chi connectivity index (χ1) is 9.95. The lowest BCUT2D eigenvalue weighted by molar-refractivity contribution is 0.459. The van der Waals surface area contributed by atoms with Crippen LogP contribution in [0.25, 0.3) is 0 Å². The third kappa shape index (κ3) is 3.61. The van der Waals surface area contributed by atoms with Gasteiger partial charge in [0, 0.05) is 19.5 Å². The molecular weight excluding hydrogens is 313 g/mol. The van der Waals surface area contributed by atoms with Crippen molar-refractivity contribution in [2.24, 2.45) is 0 Å². The molecule has 0 saturated carbocycles. The number of sulfonamides is 1. The molecule has 0 unspecified atom stereocenters. The highest BCUT2D eigenvalue weighted by Gasteiger charge is 2.24. The smallest absolute Gasteiger partial charge is 0.207 e. The second-order valence-electron chi connectivity index (χ2n) is 4.65. The van der Waals surface area contributed by atoms with Crippen LogP contribution in [0.5, 0.6) is 0 Å². The fourth-order valence-electron chi connectivity index (χ4n) is 1.92. The lowest BCUT2D eigenvalue weighted by Gasteiger charge is -2.18. The van der Waals surface area contributed by atoms with Crippen LogP contribution in [0.2, 0.25) is 0 Å². The summed E-state index contributed by atoms with van der Waals surface area (Å²) in [7, 11) is -2.48. The zero-order valence-electron chi connectivity index (χ0n) is 11.5. The molecule has 6 heteroatoms. The standard InChI is InChI=1S/C15H15ClFNO2S/c1-18(11-12-5-3-2-4-6-12)21(19,20)15-9-13(10-16)7-8-14(15)17/h2-9H,10-11H2,1H3. The number of rotatable bonds is 5. The van der Waals surface area contributed by atoms with Crippen LogP contribution in [0.1, 0.15) is 11.1 Å². The van der Waals surface area contributed by atoms with Crippen molar-refractivity contribution < 1.29 is 12.8 Å². The fourth-order valence-corrected chi connectivity index (χ4v) is 3.36. The quantitative estimate of drug-likeness (QED) is 0.789. The second-order valence-corrected chi connectivity index (χ2v) is 6.93. The first-order valence-electron chi connectivity index (χ1n) is 6.30. The molecule has 0 amide bonds. The molecule has 0 bridgehead atoms. The summed E-state index contributed by atoms with van der Waals surface area (Å²) < 4.78 is 39.9. The number of nitrogens with zero attached hydrogens (tertiary/aromatic N) is 1. The van der Waals surface area contributed by atoms with Crippen molar-refractivity contribution in [3.63, 3.8) is 0 Å². The minimum Gasteiger partial charge on any atom is -0.207 e. The minimum atomic E-state index is -3.90. The van der Waals surface area contributed by atoms with E-state index in [4.69, 9.17) is 11.6 Å². The largest absolute Gasteiger partial charge is 0.246 e. The Morgan fingerprint density at radius 3 is 2.38 bits per heavy atom. The normalized spacial score (nSPS) is 11.8. The van der Waals surface area contributed by atoms with Gasteiger partial charge in [0.1, 0.15) is 10.7 Å². The molecule has 2 rings (SSSR count). The molecule has 0 aromatic heterocycles. The number of hydrogen-bond acceptors (Lipinski definition) is 2. The maximum Gasteiger partial charge on any atom is 0.246 e. The first kappa shape index (κ1) is 15.9. The lowest BCUT2D eigenvalue weighted by Crippen LogP contribution is -2.27. The molecular formula is C15H15ClFNO2S. The molecule has 0 aliphatic carbocycles. The van der Waals surface area contributed by atoms with Gasteiger partial charge >= 0.3 is 0 Å². The van der Waals surface area contributed by atoms with E-state index in [9.17, 15) is 12.8 Å². The van der Waals surface area contributed by atoms with E-state index < -0.39 is 15.8 Å². The minimum absolute atomic E-state index is 0.130. The van der Waals surface area contributed by atoms with E-state index in [1.54, 1.807) is 0 Å². The van der Waals surface area contributed by atoms with Crippen molar-refractivity contribution in [2.45, 2.75) is 17.3 Å². The number of hydrogen-bond donors (Lipinski definition) is 0. The highest BCUT2D eigenvalue weighted by Crippen LogP contribution is 2.22. The van der Waals surface area contributed by atoms with Gasteiger partial charge in [-0.25, -0.2) is 12.8 Å². The van der Waals surface area contributed by atoms with Crippen LogP contribution in [-0.2, 0) is 22.4 Å². The molecule has 0 N–H and O–H groups in total. The molecule has 2 aromatic rings. The van der Waals surface area contributed by atoms with E-state index in [2.05, 4.69) is 0 Å². The molecule has 112 valence electrons. The van der Waals surface area contributed by atoms with Gasteiger partial charge < -0.3 is 0 Å². The van der Waals surface area contributed by atoms with Crippen molar-refractivity contribution in [3.8, 4) is 0 Å². The zero-order chi connectivity index (χ0) is 15.5. The van der Waals surface area contributed by atoms with Gasteiger partial charge in [-0.15, -0.1) is 11.6 Å². The van der Waals surface area contributed by atoms with E-state index in [0.29, 0.717) is 5.56 Å². The Labute approximate surface area is 129 Å². The summed E-state index contributed by atoms with van der Waals surface area (Å²) in [5.41, 5.74) is 1.39. The summed E-state index contributed by atoms with van der Waals surface area (Å²) in [6, 6.07) is 13.0. The molecule has 0 spiro atoms. The highest BCUT2D eigenvalue weighted by atomic mass is 35.5. The Morgan fingerprint density at radius 2 is 1.76 bits per heavy atom. The Balaban J connectivity index is 2.33. The van der Waals surface area contributed by atoms with Gasteiger partial charge in [0.2, 0.25) is 10.0 Å². The number of halogens is 2. The van der Waals surface area contributed by atoms with Gasteiger partial charge in [-0.2, -0.15) is 4.31 Å². The average Bonchev–Trinajstić information content (AvgIpc) is 2.48. The highest BCUT2D eigenvalue weighted by molar-refractivity contribution is 7.89. The monoisotopic (exact) mass is 327 g/mol. The van der Waals surface area contributed by atoms with Crippen LogP contribution in [-0.4, -0.2) is 19.8 Å². The molecule has 0 aliphatic rings. The van der Waals surface area contributed by atoms with E-state index >= 15 is 0 Å². The van der Waals surface area contributed by atoms with Crippen LogP contribution in [0.15, 0.2) is 53.4 Å². The van der Waals surface area contributed by atoms with Crippen LogP contribution in [0.4, 0.5) is 4.39 Å². The molecule has 0 fully saturated rings. The fraction of sp³-hybridized carbons (Fsp3) is 0.200. The molecule has 2 aromatic carbocycles. The van der Waals surface area contributed by atoms with Gasteiger partial charge in [0.25, 0.3) is 0 Å². The molecule has 21 heavy (non-hydrogen) atoms. The van der Waals surface area contributed by atoms with Gasteiger partial charge in [-0.3, -0.25) is 0 Å². The van der Waals surface area contributed by atoms with E-state index in [0.717, 1.165) is 15.9 Å². The Hall–Kier alpha value is -1.43. The Kier molecular flexibility index (Phi) is 4.98. The van der Waals surface area contributed by atoms with Crippen molar-refractivity contribution >= 4 is 21.6 Å². The van der Waals surface area contributed by atoms with Gasteiger partial charge in [-0.1, -0.05) is 36.4 Å². The van der Waals surface area contributed by atoms with Gasteiger partial charge in [-0.05, 0) is 23.3 Å². The second kappa shape index (κ2) is 6.56. The molecule has 0 saturated heterocycles. The predicted molar refractivity (Wildman–Crippen MR) is 81.1 cm³/mol. The summed E-state index contributed by atoms with van der Waals surface area (Å²) in [4.78, 5) is -0.348. The number of alkyl halides is 1. The van der Waals surface area contributed by atoms with Gasteiger partial charge in [0.15, 0.2) is 0 Å². The van der Waals surface area contributed by atoms with E-state index in [1.807, 2.05) is 30.3 Å². The SMILES string of the molecule is CN(Cc1ccccc1)S(=O)(=O)c1cc(CCl)ccc1F. The first-order valence-corrected chi connectivity index (χ1v) is 8.27. The Morgan fingerprint density at radius 1 is 1.10 bits per heavy atom. The van der Waals surface area contributed by atoms with Crippen molar-refractivity contribution in [3.05, 3.63) is 65.5 Å². The van der Waals surface area contributed by atoms with E-state index in [1.165, 1.54) is 19.2 Å². The molecule has 0 aliphatic heterocycles. The molecule has 3 nitrogen and oxygen atoms in total. The maximum absolute atomic E-state index is 13.9. The zero-order valence-corrected chi connectivity index (χ0v) is 13.0. The summed E-state index contributed by atoms with van der Waals surface area (Å²) in [5, 5.41) is 0. The molecule has 0 atom stereocenters. The van der Waals surface area contributed by atoms with Crippen LogP contribution in [0, 0.1) is 5.82 Å². The van der Waals surface area contributed by atoms with Gasteiger partial charge in [0.05, 0.1) is 0 Å². The maximum atomic E-state index is 13.9.